The van der Waals surface area contributed by atoms with Gasteiger partial charge in [-0.1, -0.05) is 48.0 Å². The second-order valence-corrected chi connectivity index (χ2v) is 5.78. The maximum absolute atomic E-state index is 12.8. The van der Waals surface area contributed by atoms with Crippen LogP contribution in [-0.4, -0.2) is 17.4 Å². The monoisotopic (exact) mass is 355 g/mol. The van der Waals surface area contributed by atoms with Crippen LogP contribution >= 0.6 is 11.6 Å². The summed E-state index contributed by atoms with van der Waals surface area (Å²) >= 11 is 6.10. The second-order valence-electron chi connectivity index (χ2n) is 5.37. The van der Waals surface area contributed by atoms with Gasteiger partial charge in [0.15, 0.2) is 0 Å². The highest BCUT2D eigenvalue weighted by Gasteiger charge is 2.30. The third kappa shape index (κ3) is 4.74. The summed E-state index contributed by atoms with van der Waals surface area (Å²) in [5.74, 6) is -0.239. The van der Waals surface area contributed by atoms with Crippen LogP contribution in [0.5, 0.6) is 0 Å². The highest BCUT2D eigenvalue weighted by Crippen LogP contribution is 2.29. The molecular weight excluding hydrogens is 339 g/mol. The molecule has 2 nitrogen and oxygen atoms in total. The average molecular weight is 356 g/mol. The molecule has 0 aliphatic heterocycles. The molecular formula is C18H17ClF3NO. The Labute approximate surface area is 143 Å². The van der Waals surface area contributed by atoms with Crippen LogP contribution in [0.2, 0.25) is 5.02 Å². The molecule has 2 aromatic carbocycles. The van der Waals surface area contributed by atoms with Crippen LogP contribution in [-0.2, 0) is 23.9 Å². The van der Waals surface area contributed by atoms with Crippen LogP contribution in [0.25, 0.3) is 0 Å². The molecule has 0 heterocycles. The van der Waals surface area contributed by atoms with Gasteiger partial charge in [-0.05, 0) is 30.2 Å². The fourth-order valence-electron chi connectivity index (χ4n) is 2.35. The summed E-state index contributed by atoms with van der Waals surface area (Å²) in [6.45, 7) is 2.60. The number of carbonyl (C=O) groups excluding carboxylic acids is 1. The summed E-state index contributed by atoms with van der Waals surface area (Å²) in [4.78, 5) is 14.0. The summed E-state index contributed by atoms with van der Waals surface area (Å²) in [5, 5.41) is 0.558. The van der Waals surface area contributed by atoms with E-state index in [2.05, 4.69) is 0 Å². The lowest BCUT2D eigenvalue weighted by Gasteiger charge is -2.22. The standard InChI is InChI=1S/C18H17ClF3NO/c1-2-23(12-14-7-3-4-9-16(14)19)17(24)11-13-6-5-8-15(10-13)18(20,21)22/h3-10H,2,11-12H2,1H3. The summed E-state index contributed by atoms with van der Waals surface area (Å²) in [6, 6.07) is 12.0. The maximum Gasteiger partial charge on any atom is 0.416 e. The van der Waals surface area contributed by atoms with Crippen molar-refractivity contribution < 1.29 is 18.0 Å². The molecule has 24 heavy (non-hydrogen) atoms. The lowest BCUT2D eigenvalue weighted by molar-refractivity contribution is -0.138. The van der Waals surface area contributed by atoms with Crippen molar-refractivity contribution in [3.63, 3.8) is 0 Å². The predicted molar refractivity (Wildman–Crippen MR) is 87.7 cm³/mol. The number of amides is 1. The molecule has 0 spiro atoms. The predicted octanol–water partition coefficient (Wildman–Crippen LogP) is 4.95. The molecule has 0 bridgehead atoms. The Morgan fingerprint density at radius 3 is 2.46 bits per heavy atom. The zero-order chi connectivity index (χ0) is 17.7. The molecule has 0 atom stereocenters. The lowest BCUT2D eigenvalue weighted by Crippen LogP contribution is -2.31. The van der Waals surface area contributed by atoms with Crippen molar-refractivity contribution in [2.75, 3.05) is 6.54 Å². The van der Waals surface area contributed by atoms with Crippen LogP contribution in [0.15, 0.2) is 48.5 Å². The van der Waals surface area contributed by atoms with Gasteiger partial charge < -0.3 is 4.90 Å². The maximum atomic E-state index is 12.8. The fraction of sp³-hybridized carbons (Fsp3) is 0.278. The van der Waals surface area contributed by atoms with Crippen LogP contribution in [0, 0.1) is 0 Å². The van der Waals surface area contributed by atoms with E-state index in [9.17, 15) is 18.0 Å². The van der Waals surface area contributed by atoms with Gasteiger partial charge in [-0.3, -0.25) is 4.79 Å². The summed E-state index contributed by atoms with van der Waals surface area (Å²) in [7, 11) is 0. The highest BCUT2D eigenvalue weighted by molar-refractivity contribution is 6.31. The van der Waals surface area contributed by atoms with E-state index >= 15 is 0 Å². The van der Waals surface area contributed by atoms with Crippen molar-refractivity contribution >= 4 is 17.5 Å². The SMILES string of the molecule is CCN(Cc1ccccc1Cl)C(=O)Cc1cccc(C(F)(F)F)c1. The number of benzene rings is 2. The first-order valence-corrected chi connectivity index (χ1v) is 7.86. The molecule has 0 N–H and O–H groups in total. The Morgan fingerprint density at radius 1 is 1.12 bits per heavy atom. The highest BCUT2D eigenvalue weighted by atomic mass is 35.5. The van der Waals surface area contributed by atoms with Crippen molar-refractivity contribution in [3.8, 4) is 0 Å². The number of hydrogen-bond acceptors (Lipinski definition) is 1. The largest absolute Gasteiger partial charge is 0.416 e. The Morgan fingerprint density at radius 2 is 1.83 bits per heavy atom. The first kappa shape index (κ1) is 18.3. The lowest BCUT2D eigenvalue weighted by atomic mass is 10.1. The zero-order valence-corrected chi connectivity index (χ0v) is 13.9. The summed E-state index contributed by atoms with van der Waals surface area (Å²) < 4.78 is 38.3. The van der Waals surface area contributed by atoms with E-state index < -0.39 is 11.7 Å². The van der Waals surface area contributed by atoms with Crippen molar-refractivity contribution in [1.82, 2.24) is 4.90 Å². The van der Waals surface area contributed by atoms with Crippen LogP contribution in [0.1, 0.15) is 23.6 Å². The second kappa shape index (κ2) is 7.71. The van der Waals surface area contributed by atoms with Gasteiger partial charge in [0.05, 0.1) is 12.0 Å². The van der Waals surface area contributed by atoms with Gasteiger partial charge in [0.2, 0.25) is 5.91 Å². The van der Waals surface area contributed by atoms with E-state index in [1.54, 1.807) is 17.0 Å². The molecule has 6 heteroatoms. The molecule has 0 saturated heterocycles. The molecule has 2 rings (SSSR count). The normalized spacial score (nSPS) is 11.4. The minimum Gasteiger partial charge on any atom is -0.338 e. The smallest absolute Gasteiger partial charge is 0.338 e. The van der Waals surface area contributed by atoms with E-state index in [0.717, 1.165) is 17.7 Å². The minimum absolute atomic E-state index is 0.0811. The van der Waals surface area contributed by atoms with E-state index in [1.807, 2.05) is 19.1 Å². The Kier molecular flexibility index (Phi) is 5.89. The first-order valence-electron chi connectivity index (χ1n) is 7.48. The zero-order valence-electron chi connectivity index (χ0n) is 13.1. The molecule has 0 radical (unpaired) electrons. The molecule has 0 fully saturated rings. The number of carbonyl (C=O) groups is 1. The van der Waals surface area contributed by atoms with E-state index in [0.29, 0.717) is 23.7 Å². The third-order valence-electron chi connectivity index (χ3n) is 3.66. The van der Waals surface area contributed by atoms with Crippen molar-refractivity contribution in [2.24, 2.45) is 0 Å². The number of hydrogen-bond donors (Lipinski definition) is 0. The van der Waals surface area contributed by atoms with Crippen molar-refractivity contribution in [1.29, 1.82) is 0 Å². The molecule has 0 saturated carbocycles. The topological polar surface area (TPSA) is 20.3 Å². The molecule has 0 aromatic heterocycles. The van der Waals surface area contributed by atoms with E-state index in [4.69, 9.17) is 11.6 Å². The molecule has 0 aliphatic rings. The number of nitrogens with zero attached hydrogens (tertiary/aromatic N) is 1. The van der Waals surface area contributed by atoms with Gasteiger partial charge in [-0.25, -0.2) is 0 Å². The van der Waals surface area contributed by atoms with E-state index in [-0.39, 0.29) is 12.3 Å². The number of alkyl halides is 3. The Balaban J connectivity index is 2.11. The van der Waals surface area contributed by atoms with Crippen LogP contribution < -0.4 is 0 Å². The minimum atomic E-state index is -4.42. The molecule has 2 aromatic rings. The van der Waals surface area contributed by atoms with Gasteiger partial charge in [0.1, 0.15) is 0 Å². The van der Waals surface area contributed by atoms with Crippen molar-refractivity contribution in [3.05, 3.63) is 70.2 Å². The van der Waals surface area contributed by atoms with Crippen LogP contribution in [0.3, 0.4) is 0 Å². The number of rotatable bonds is 5. The molecule has 0 unspecified atom stereocenters. The Hall–Kier alpha value is -2.01. The average Bonchev–Trinajstić information content (AvgIpc) is 2.53. The molecule has 1 amide bonds. The van der Waals surface area contributed by atoms with Gasteiger partial charge in [0, 0.05) is 18.1 Å². The third-order valence-corrected chi connectivity index (χ3v) is 4.03. The molecule has 128 valence electrons. The first-order chi connectivity index (χ1) is 11.3. The van der Waals surface area contributed by atoms with Gasteiger partial charge >= 0.3 is 6.18 Å². The summed E-state index contributed by atoms with van der Waals surface area (Å²) in [6.07, 6.45) is -4.50. The van der Waals surface area contributed by atoms with Crippen LogP contribution in [0.4, 0.5) is 13.2 Å². The van der Waals surface area contributed by atoms with Crippen molar-refractivity contribution in [2.45, 2.75) is 26.1 Å². The van der Waals surface area contributed by atoms with E-state index in [1.165, 1.54) is 12.1 Å². The summed E-state index contributed by atoms with van der Waals surface area (Å²) in [5.41, 5.74) is 0.396. The van der Waals surface area contributed by atoms with Gasteiger partial charge in [0.25, 0.3) is 0 Å². The quantitative estimate of drug-likeness (QED) is 0.743. The fourth-order valence-corrected chi connectivity index (χ4v) is 2.55. The van der Waals surface area contributed by atoms with Gasteiger partial charge in [-0.2, -0.15) is 13.2 Å². The number of likely N-dealkylation sites (N-methyl/N-ethyl adjacent to an activating group) is 1. The molecule has 0 aliphatic carbocycles. The number of halogens is 4. The Bertz CT molecular complexity index is 715. The van der Waals surface area contributed by atoms with Gasteiger partial charge in [-0.15, -0.1) is 0 Å².